The van der Waals surface area contributed by atoms with Crippen molar-refractivity contribution < 1.29 is 0 Å². The number of thioether (sulfide) groups is 1. The normalized spacial score (nSPS) is 24.3. The largest absolute Gasteiger partial charge is 0.319 e. The number of benzene rings is 1. The molecule has 1 heterocycles. The molecule has 0 spiro atoms. The van der Waals surface area contributed by atoms with Crippen molar-refractivity contribution in [3.63, 3.8) is 0 Å². The molecule has 19 heavy (non-hydrogen) atoms. The summed E-state index contributed by atoms with van der Waals surface area (Å²) in [6.07, 6.45) is 3.43. The molecule has 2 nitrogen and oxygen atoms in total. The summed E-state index contributed by atoms with van der Waals surface area (Å²) in [5.74, 6) is 0.729. The standard InChI is InChI=1S/C16H26N2S/c1-12(2)18-10-9-14(11-17-3)16(18)13-5-7-15(19-4)8-6-13/h5-8,12,14,16-17H,9-11H2,1-4H3. The van der Waals surface area contributed by atoms with Crippen LogP contribution in [-0.4, -0.2) is 37.3 Å². The summed E-state index contributed by atoms with van der Waals surface area (Å²) >= 11 is 1.81. The van der Waals surface area contributed by atoms with E-state index in [1.165, 1.54) is 23.4 Å². The quantitative estimate of drug-likeness (QED) is 0.831. The van der Waals surface area contributed by atoms with Gasteiger partial charge < -0.3 is 5.32 Å². The predicted octanol–water partition coefficient (Wildman–Crippen LogP) is 3.40. The van der Waals surface area contributed by atoms with Crippen molar-refractivity contribution in [1.29, 1.82) is 0 Å². The highest BCUT2D eigenvalue weighted by atomic mass is 32.2. The van der Waals surface area contributed by atoms with Crippen LogP contribution in [0.4, 0.5) is 0 Å². The maximum atomic E-state index is 3.36. The highest BCUT2D eigenvalue weighted by Gasteiger charge is 2.35. The van der Waals surface area contributed by atoms with Crippen molar-refractivity contribution in [2.45, 2.75) is 37.2 Å². The Balaban J connectivity index is 2.23. The molecule has 3 heteroatoms. The minimum absolute atomic E-state index is 0.573. The molecule has 0 bridgehead atoms. The number of nitrogens with one attached hydrogen (secondary N) is 1. The van der Waals surface area contributed by atoms with E-state index in [1.807, 2.05) is 11.8 Å². The summed E-state index contributed by atoms with van der Waals surface area (Å²) in [5.41, 5.74) is 1.48. The van der Waals surface area contributed by atoms with Crippen LogP contribution in [0.2, 0.25) is 0 Å². The first-order valence-corrected chi connectivity index (χ1v) is 8.44. The average Bonchev–Trinajstić information content (AvgIpc) is 2.83. The monoisotopic (exact) mass is 278 g/mol. The van der Waals surface area contributed by atoms with Gasteiger partial charge in [0.15, 0.2) is 0 Å². The molecule has 106 valence electrons. The first-order valence-electron chi connectivity index (χ1n) is 7.21. The van der Waals surface area contributed by atoms with Gasteiger partial charge in [-0.2, -0.15) is 0 Å². The Morgan fingerprint density at radius 1 is 1.32 bits per heavy atom. The topological polar surface area (TPSA) is 15.3 Å². The lowest BCUT2D eigenvalue weighted by Gasteiger charge is -2.31. The molecular formula is C16H26N2S. The van der Waals surface area contributed by atoms with E-state index in [2.05, 4.69) is 61.6 Å². The number of rotatable bonds is 5. The summed E-state index contributed by atoms with van der Waals surface area (Å²) in [7, 11) is 2.06. The Bertz CT molecular complexity index is 388. The average molecular weight is 278 g/mol. The maximum absolute atomic E-state index is 3.36. The van der Waals surface area contributed by atoms with Crippen LogP contribution in [0.1, 0.15) is 31.9 Å². The number of nitrogens with zero attached hydrogens (tertiary/aromatic N) is 1. The highest BCUT2D eigenvalue weighted by molar-refractivity contribution is 7.98. The van der Waals surface area contributed by atoms with Gasteiger partial charge in [-0.1, -0.05) is 12.1 Å². The third-order valence-corrected chi connectivity index (χ3v) is 4.89. The van der Waals surface area contributed by atoms with Crippen LogP contribution in [-0.2, 0) is 0 Å². The molecule has 1 N–H and O–H groups in total. The van der Waals surface area contributed by atoms with E-state index in [0.717, 1.165) is 12.5 Å². The molecule has 0 aliphatic carbocycles. The van der Waals surface area contributed by atoms with Crippen molar-refractivity contribution in [1.82, 2.24) is 10.2 Å². The third-order valence-electron chi connectivity index (χ3n) is 4.15. The lowest BCUT2D eigenvalue weighted by molar-refractivity contribution is 0.182. The summed E-state index contributed by atoms with van der Waals surface area (Å²) < 4.78 is 0. The smallest absolute Gasteiger partial charge is 0.0391 e. The zero-order valence-corrected chi connectivity index (χ0v) is 13.3. The molecule has 1 fully saturated rings. The van der Waals surface area contributed by atoms with Crippen molar-refractivity contribution in [2.24, 2.45) is 5.92 Å². The van der Waals surface area contributed by atoms with Crippen LogP contribution in [0.15, 0.2) is 29.2 Å². The van der Waals surface area contributed by atoms with Gasteiger partial charge in [-0.15, -0.1) is 11.8 Å². The Morgan fingerprint density at radius 3 is 2.53 bits per heavy atom. The van der Waals surface area contributed by atoms with Crippen molar-refractivity contribution >= 4 is 11.8 Å². The fourth-order valence-corrected chi connectivity index (χ4v) is 3.61. The number of hydrogen-bond donors (Lipinski definition) is 1. The first-order chi connectivity index (χ1) is 9.17. The fraction of sp³-hybridized carbons (Fsp3) is 0.625. The van der Waals surface area contributed by atoms with Gasteiger partial charge in [-0.25, -0.2) is 0 Å². The van der Waals surface area contributed by atoms with Crippen LogP contribution in [0.3, 0.4) is 0 Å². The zero-order chi connectivity index (χ0) is 13.8. The van der Waals surface area contributed by atoms with E-state index in [-0.39, 0.29) is 0 Å². The van der Waals surface area contributed by atoms with Crippen LogP contribution in [0, 0.1) is 5.92 Å². The SMILES string of the molecule is CNCC1CCN(C(C)C)C1c1ccc(SC)cc1. The second-order valence-electron chi connectivity index (χ2n) is 5.66. The molecule has 1 aliphatic rings. The Kier molecular flexibility index (Phi) is 5.31. The van der Waals surface area contributed by atoms with E-state index in [1.54, 1.807) is 0 Å². The van der Waals surface area contributed by atoms with E-state index >= 15 is 0 Å². The Morgan fingerprint density at radius 2 is 2.00 bits per heavy atom. The first kappa shape index (κ1) is 14.9. The molecule has 1 aromatic carbocycles. The summed E-state index contributed by atoms with van der Waals surface area (Å²) in [6, 6.07) is 10.3. The Hall–Kier alpha value is -0.510. The van der Waals surface area contributed by atoms with E-state index in [4.69, 9.17) is 0 Å². The van der Waals surface area contributed by atoms with Gasteiger partial charge in [-0.3, -0.25) is 4.90 Å². The second-order valence-corrected chi connectivity index (χ2v) is 6.54. The molecule has 0 radical (unpaired) electrons. The molecule has 0 amide bonds. The minimum atomic E-state index is 0.573. The lowest BCUT2D eigenvalue weighted by Crippen LogP contribution is -2.33. The number of hydrogen-bond acceptors (Lipinski definition) is 3. The van der Waals surface area contributed by atoms with Crippen molar-refractivity contribution in [3.05, 3.63) is 29.8 Å². The van der Waals surface area contributed by atoms with Gasteiger partial charge >= 0.3 is 0 Å². The molecule has 1 aliphatic heterocycles. The van der Waals surface area contributed by atoms with Crippen LogP contribution >= 0.6 is 11.8 Å². The maximum Gasteiger partial charge on any atom is 0.0391 e. The highest BCUT2D eigenvalue weighted by Crippen LogP contribution is 2.38. The van der Waals surface area contributed by atoms with Gasteiger partial charge in [-0.05, 0) is 70.3 Å². The van der Waals surface area contributed by atoms with Crippen LogP contribution < -0.4 is 5.32 Å². The van der Waals surface area contributed by atoms with Crippen LogP contribution in [0.25, 0.3) is 0 Å². The molecule has 1 aromatic rings. The van der Waals surface area contributed by atoms with E-state index in [0.29, 0.717) is 12.1 Å². The van der Waals surface area contributed by atoms with Gasteiger partial charge in [0.05, 0.1) is 0 Å². The van der Waals surface area contributed by atoms with Gasteiger partial charge in [0, 0.05) is 17.0 Å². The Labute approximate surface area is 122 Å². The summed E-state index contributed by atoms with van der Waals surface area (Å²) in [5, 5.41) is 3.36. The summed E-state index contributed by atoms with van der Waals surface area (Å²) in [6.45, 7) is 6.95. The number of likely N-dealkylation sites (tertiary alicyclic amines) is 1. The molecule has 2 unspecified atom stereocenters. The van der Waals surface area contributed by atoms with Crippen molar-refractivity contribution in [3.8, 4) is 0 Å². The van der Waals surface area contributed by atoms with Gasteiger partial charge in [0.25, 0.3) is 0 Å². The third kappa shape index (κ3) is 3.33. The zero-order valence-electron chi connectivity index (χ0n) is 12.5. The molecule has 0 saturated carbocycles. The van der Waals surface area contributed by atoms with Gasteiger partial charge in [0.1, 0.15) is 0 Å². The van der Waals surface area contributed by atoms with Crippen molar-refractivity contribution in [2.75, 3.05) is 26.4 Å². The molecule has 0 aromatic heterocycles. The predicted molar refractivity (Wildman–Crippen MR) is 84.8 cm³/mol. The van der Waals surface area contributed by atoms with Crippen LogP contribution in [0.5, 0.6) is 0 Å². The minimum Gasteiger partial charge on any atom is -0.319 e. The molecule has 1 saturated heterocycles. The van der Waals surface area contributed by atoms with Gasteiger partial charge in [0.2, 0.25) is 0 Å². The second kappa shape index (κ2) is 6.78. The van der Waals surface area contributed by atoms with E-state index < -0.39 is 0 Å². The molecular weight excluding hydrogens is 252 g/mol. The molecule has 2 rings (SSSR count). The molecule has 2 atom stereocenters. The van der Waals surface area contributed by atoms with E-state index in [9.17, 15) is 0 Å². The summed E-state index contributed by atoms with van der Waals surface area (Å²) in [4.78, 5) is 4.00. The lowest BCUT2D eigenvalue weighted by atomic mass is 9.93. The fourth-order valence-electron chi connectivity index (χ4n) is 3.20.